The van der Waals surface area contributed by atoms with Gasteiger partial charge in [-0.25, -0.2) is 19.5 Å². The van der Waals surface area contributed by atoms with E-state index in [9.17, 15) is 0 Å². The molecule has 8 nitrogen and oxygen atoms in total. The molecule has 10 heteroatoms. The van der Waals surface area contributed by atoms with Crippen molar-refractivity contribution in [3.8, 4) is 22.2 Å². The lowest BCUT2D eigenvalue weighted by molar-refractivity contribution is 0.304. The van der Waals surface area contributed by atoms with Crippen molar-refractivity contribution in [1.29, 1.82) is 0 Å². The summed E-state index contributed by atoms with van der Waals surface area (Å²) in [6.45, 7) is 4.54. The molecular weight excluding hydrogens is 468 g/mol. The average Bonchev–Trinajstić information content (AvgIpc) is 3.60. The van der Waals surface area contributed by atoms with Gasteiger partial charge >= 0.3 is 0 Å². The second-order valence-electron chi connectivity index (χ2n) is 8.35. The molecule has 0 unspecified atom stereocenters. The molecule has 0 saturated carbocycles. The maximum Gasteiger partial charge on any atom is 0.185 e. The zero-order valence-electron chi connectivity index (χ0n) is 19.0. The monoisotopic (exact) mass is 492 g/mol. The average molecular weight is 493 g/mol. The van der Waals surface area contributed by atoms with E-state index in [0.29, 0.717) is 12.4 Å². The largest absolute Gasteiger partial charge is 0.497 e. The molecule has 1 aliphatic heterocycles. The number of fused-ring (bicyclic) bond motifs is 2. The third-order valence-corrected chi connectivity index (χ3v) is 7.94. The summed E-state index contributed by atoms with van der Waals surface area (Å²) in [7, 11) is 1.65. The van der Waals surface area contributed by atoms with Crippen LogP contribution >= 0.6 is 22.7 Å². The Morgan fingerprint density at radius 2 is 1.94 bits per heavy atom. The highest BCUT2D eigenvalue weighted by atomic mass is 32.1. The standard InChI is InChI=1S/C24H24N6O2S2/c1-15-6-7-21-26-19(12-30(21)28-15)23-27-18-10-17(31-2)11-20(22(18)34-23)32-13-16-14-33-24(25-16)29-8-4-3-5-9-29/h6-7,10-12,14H,3-5,8-9,13H2,1-2H3. The summed E-state index contributed by atoms with van der Waals surface area (Å²) >= 11 is 3.25. The quantitative estimate of drug-likeness (QED) is 0.316. The highest BCUT2D eigenvalue weighted by Gasteiger charge is 2.18. The highest BCUT2D eigenvalue weighted by molar-refractivity contribution is 7.22. The molecule has 5 heterocycles. The van der Waals surface area contributed by atoms with Crippen molar-refractivity contribution in [3.05, 3.63) is 47.2 Å². The minimum Gasteiger partial charge on any atom is -0.497 e. The topological polar surface area (TPSA) is 77.7 Å². The van der Waals surface area contributed by atoms with E-state index in [1.807, 2.05) is 37.4 Å². The fourth-order valence-corrected chi connectivity index (χ4v) is 5.97. The van der Waals surface area contributed by atoms with Gasteiger partial charge in [-0.3, -0.25) is 0 Å². The maximum absolute atomic E-state index is 6.25. The van der Waals surface area contributed by atoms with E-state index >= 15 is 0 Å². The van der Waals surface area contributed by atoms with Gasteiger partial charge in [-0.15, -0.1) is 22.7 Å². The number of aryl methyl sites for hydroxylation is 1. The lowest BCUT2D eigenvalue weighted by Crippen LogP contribution is -2.29. The summed E-state index contributed by atoms with van der Waals surface area (Å²) < 4.78 is 14.5. The number of piperidine rings is 1. The van der Waals surface area contributed by atoms with Crippen molar-refractivity contribution in [2.75, 3.05) is 25.1 Å². The first kappa shape index (κ1) is 21.3. The summed E-state index contributed by atoms with van der Waals surface area (Å²) in [6.07, 6.45) is 5.70. The molecule has 5 aromatic rings. The number of rotatable bonds is 6. The number of aromatic nitrogens is 5. The number of ether oxygens (including phenoxy) is 2. The van der Waals surface area contributed by atoms with Gasteiger partial charge in [0.2, 0.25) is 0 Å². The van der Waals surface area contributed by atoms with E-state index < -0.39 is 0 Å². The predicted molar refractivity (Wildman–Crippen MR) is 135 cm³/mol. The third-order valence-electron chi connectivity index (χ3n) is 5.88. The number of benzene rings is 1. The zero-order valence-corrected chi connectivity index (χ0v) is 20.7. The lowest BCUT2D eigenvalue weighted by Gasteiger charge is -2.25. The predicted octanol–water partition coefficient (Wildman–Crippen LogP) is 5.35. The Bertz CT molecular complexity index is 1470. The first-order valence-electron chi connectivity index (χ1n) is 11.3. The summed E-state index contributed by atoms with van der Waals surface area (Å²) in [5, 5.41) is 8.49. The fourth-order valence-electron chi connectivity index (χ4n) is 4.14. The van der Waals surface area contributed by atoms with E-state index in [-0.39, 0.29) is 0 Å². The second kappa shape index (κ2) is 8.84. The highest BCUT2D eigenvalue weighted by Crippen LogP contribution is 2.39. The van der Waals surface area contributed by atoms with Crippen molar-refractivity contribution in [3.63, 3.8) is 0 Å². The molecule has 1 aromatic carbocycles. The van der Waals surface area contributed by atoms with Crippen molar-refractivity contribution in [2.24, 2.45) is 0 Å². The van der Waals surface area contributed by atoms with Crippen molar-refractivity contribution in [2.45, 2.75) is 32.8 Å². The van der Waals surface area contributed by atoms with Crippen molar-refractivity contribution < 1.29 is 9.47 Å². The molecule has 0 radical (unpaired) electrons. The molecule has 34 heavy (non-hydrogen) atoms. The van der Waals surface area contributed by atoms with E-state index in [1.54, 1.807) is 34.3 Å². The maximum atomic E-state index is 6.25. The van der Waals surface area contributed by atoms with Crippen LogP contribution in [0, 0.1) is 6.92 Å². The number of thiazole rings is 2. The Kier molecular flexibility index (Phi) is 5.54. The number of anilines is 1. The van der Waals surface area contributed by atoms with Crippen molar-refractivity contribution >= 4 is 43.7 Å². The van der Waals surface area contributed by atoms with Gasteiger partial charge < -0.3 is 14.4 Å². The molecule has 0 aliphatic carbocycles. The van der Waals surface area contributed by atoms with Gasteiger partial charge in [0.05, 0.1) is 34.9 Å². The summed E-state index contributed by atoms with van der Waals surface area (Å²) in [5.41, 5.74) is 4.28. The van der Waals surface area contributed by atoms with E-state index in [1.165, 1.54) is 19.3 Å². The fraction of sp³-hybridized carbons (Fsp3) is 0.333. The molecule has 174 valence electrons. The van der Waals surface area contributed by atoms with Crippen LogP contribution in [0.1, 0.15) is 30.7 Å². The van der Waals surface area contributed by atoms with Crippen LogP contribution in [-0.4, -0.2) is 44.8 Å². The molecule has 0 N–H and O–H groups in total. The smallest absolute Gasteiger partial charge is 0.185 e. The van der Waals surface area contributed by atoms with Crippen LogP contribution in [-0.2, 0) is 6.61 Å². The third kappa shape index (κ3) is 4.07. The number of hydrogen-bond acceptors (Lipinski definition) is 9. The number of nitrogens with zero attached hydrogens (tertiary/aromatic N) is 6. The molecule has 1 saturated heterocycles. The molecule has 4 aromatic heterocycles. The second-order valence-corrected chi connectivity index (χ2v) is 10.2. The van der Waals surface area contributed by atoms with Gasteiger partial charge in [-0.2, -0.15) is 5.10 Å². The minimum absolute atomic E-state index is 0.400. The molecule has 6 rings (SSSR count). The van der Waals surface area contributed by atoms with Crippen LogP contribution < -0.4 is 14.4 Å². The van der Waals surface area contributed by atoms with Crippen LogP contribution in [0.4, 0.5) is 5.13 Å². The summed E-state index contributed by atoms with van der Waals surface area (Å²) in [5.74, 6) is 1.45. The minimum atomic E-state index is 0.400. The summed E-state index contributed by atoms with van der Waals surface area (Å²) in [4.78, 5) is 16.7. The van der Waals surface area contributed by atoms with E-state index in [2.05, 4.69) is 15.4 Å². The Hall–Kier alpha value is -3.24. The lowest BCUT2D eigenvalue weighted by atomic mass is 10.1. The first-order chi connectivity index (χ1) is 16.7. The molecule has 0 amide bonds. The number of hydrogen-bond donors (Lipinski definition) is 0. The van der Waals surface area contributed by atoms with Crippen LogP contribution in [0.15, 0.2) is 35.8 Å². The summed E-state index contributed by atoms with van der Waals surface area (Å²) in [6, 6.07) is 7.76. The van der Waals surface area contributed by atoms with Crippen molar-refractivity contribution in [1.82, 2.24) is 24.6 Å². The van der Waals surface area contributed by atoms with Gasteiger partial charge in [0, 0.05) is 30.6 Å². The normalized spacial score (nSPS) is 14.2. The van der Waals surface area contributed by atoms with E-state index in [0.717, 1.165) is 61.9 Å². The molecular formula is C24H24N6O2S2. The van der Waals surface area contributed by atoms with Crippen LogP contribution in [0.5, 0.6) is 11.5 Å². The zero-order chi connectivity index (χ0) is 23.1. The molecule has 1 aliphatic rings. The molecule has 0 bridgehead atoms. The van der Waals surface area contributed by atoms with Crippen LogP contribution in [0.25, 0.3) is 26.6 Å². The van der Waals surface area contributed by atoms with Gasteiger partial charge in [-0.1, -0.05) is 0 Å². The Morgan fingerprint density at radius 3 is 2.79 bits per heavy atom. The molecule has 0 spiro atoms. The van der Waals surface area contributed by atoms with E-state index in [4.69, 9.17) is 24.4 Å². The molecule has 0 atom stereocenters. The van der Waals surface area contributed by atoms with Gasteiger partial charge in [0.25, 0.3) is 0 Å². The van der Waals surface area contributed by atoms with Crippen LogP contribution in [0.2, 0.25) is 0 Å². The number of methoxy groups -OCH3 is 1. The van der Waals surface area contributed by atoms with Gasteiger partial charge in [-0.05, 0) is 38.3 Å². The Labute approximate surface area is 204 Å². The van der Waals surface area contributed by atoms with Crippen LogP contribution in [0.3, 0.4) is 0 Å². The van der Waals surface area contributed by atoms with Gasteiger partial charge in [0.1, 0.15) is 28.8 Å². The Balaban J connectivity index is 1.29. The first-order valence-corrected chi connectivity index (χ1v) is 13.0. The SMILES string of the molecule is COc1cc(OCc2csc(N3CCCCC3)n2)c2sc(-c3cn4nc(C)ccc4n3)nc2c1. The van der Waals surface area contributed by atoms with Gasteiger partial charge in [0.15, 0.2) is 10.8 Å². The Morgan fingerprint density at radius 1 is 1.06 bits per heavy atom. The molecule has 1 fully saturated rings. The number of imidazole rings is 1.